The molecule has 1 aromatic carbocycles. The molecule has 1 aliphatic rings. The maximum atomic E-state index is 5.55. The largest absolute Gasteiger partial charge is 0.495 e. The molecule has 2 heterocycles. The van der Waals surface area contributed by atoms with Crippen LogP contribution in [-0.2, 0) is 6.54 Å². The number of piperidine rings is 1. The Kier molecular flexibility index (Phi) is 10.7. The Labute approximate surface area is 196 Å². The summed E-state index contributed by atoms with van der Waals surface area (Å²) in [5.74, 6) is 1.84. The highest BCUT2D eigenvalue weighted by Gasteiger charge is 2.22. The monoisotopic (exact) mass is 527 g/mol. The summed E-state index contributed by atoms with van der Waals surface area (Å²) < 4.78 is 7.55. The number of hydrogen-bond donors (Lipinski definition) is 2. The number of para-hydroxylation sites is 2. The Morgan fingerprint density at radius 2 is 2.03 bits per heavy atom. The first-order chi connectivity index (χ1) is 14.3. The van der Waals surface area contributed by atoms with Gasteiger partial charge in [-0.25, -0.2) is 0 Å². The Morgan fingerprint density at radius 3 is 2.80 bits per heavy atom. The van der Waals surface area contributed by atoms with Crippen LogP contribution in [0.5, 0.6) is 5.75 Å². The van der Waals surface area contributed by atoms with Crippen LogP contribution in [0, 0.1) is 0 Å². The molecule has 9 heteroatoms. The van der Waals surface area contributed by atoms with E-state index in [-0.39, 0.29) is 24.0 Å². The summed E-state index contributed by atoms with van der Waals surface area (Å²) in [6.45, 7) is 6.69. The lowest BCUT2D eigenvalue weighted by Gasteiger charge is -2.36. The number of nitrogens with one attached hydrogen (secondary N) is 2. The highest BCUT2D eigenvalue weighted by molar-refractivity contribution is 14.0. The van der Waals surface area contributed by atoms with Crippen LogP contribution in [0.2, 0.25) is 0 Å². The number of benzene rings is 1. The van der Waals surface area contributed by atoms with Gasteiger partial charge in [0.15, 0.2) is 5.96 Å². The van der Waals surface area contributed by atoms with Crippen molar-refractivity contribution in [3.05, 3.63) is 36.9 Å². The zero-order chi connectivity index (χ0) is 20.3. The van der Waals surface area contributed by atoms with Gasteiger partial charge in [0, 0.05) is 38.8 Å². The van der Waals surface area contributed by atoms with Crippen molar-refractivity contribution in [2.45, 2.75) is 45.2 Å². The van der Waals surface area contributed by atoms with Gasteiger partial charge in [0.1, 0.15) is 18.4 Å². The molecule has 1 fully saturated rings. The van der Waals surface area contributed by atoms with Gasteiger partial charge in [-0.1, -0.05) is 12.1 Å². The van der Waals surface area contributed by atoms with Crippen molar-refractivity contribution >= 4 is 35.6 Å². The Morgan fingerprint density at radius 1 is 1.23 bits per heavy atom. The van der Waals surface area contributed by atoms with E-state index in [1.165, 1.54) is 0 Å². The zero-order valence-corrected chi connectivity index (χ0v) is 20.3. The third-order valence-electron chi connectivity index (χ3n) is 5.09. The van der Waals surface area contributed by atoms with E-state index in [0.717, 1.165) is 75.8 Å². The van der Waals surface area contributed by atoms with E-state index in [9.17, 15) is 0 Å². The molecule has 166 valence electrons. The van der Waals surface area contributed by atoms with Crippen molar-refractivity contribution < 1.29 is 4.74 Å². The fraction of sp³-hybridized carbons (Fsp3) is 0.571. The van der Waals surface area contributed by atoms with E-state index < -0.39 is 0 Å². The highest BCUT2D eigenvalue weighted by Crippen LogP contribution is 2.29. The van der Waals surface area contributed by atoms with Crippen molar-refractivity contribution in [1.29, 1.82) is 0 Å². The van der Waals surface area contributed by atoms with Crippen LogP contribution in [-0.4, -0.2) is 60.1 Å². The molecule has 0 amide bonds. The predicted octanol–water partition coefficient (Wildman–Crippen LogP) is 2.91. The number of nitrogens with zero attached hydrogens (tertiary/aromatic N) is 5. The number of methoxy groups -OCH3 is 1. The summed E-state index contributed by atoms with van der Waals surface area (Å²) >= 11 is 0. The molecule has 8 nitrogen and oxygen atoms in total. The van der Waals surface area contributed by atoms with E-state index >= 15 is 0 Å². The molecule has 1 saturated heterocycles. The van der Waals surface area contributed by atoms with Crippen LogP contribution in [0.4, 0.5) is 5.69 Å². The fourth-order valence-corrected chi connectivity index (χ4v) is 3.65. The molecule has 1 aliphatic heterocycles. The van der Waals surface area contributed by atoms with Crippen molar-refractivity contribution in [3.63, 3.8) is 0 Å². The van der Waals surface area contributed by atoms with E-state index in [2.05, 4.69) is 44.8 Å². The third-order valence-corrected chi connectivity index (χ3v) is 5.09. The van der Waals surface area contributed by atoms with E-state index in [0.29, 0.717) is 6.04 Å². The summed E-state index contributed by atoms with van der Waals surface area (Å²) in [6, 6.07) is 8.61. The molecule has 1 aromatic heterocycles. The first kappa shape index (κ1) is 24.2. The van der Waals surface area contributed by atoms with Gasteiger partial charge in [-0.3, -0.25) is 4.99 Å². The average Bonchev–Trinajstić information content (AvgIpc) is 3.27. The molecule has 0 saturated carbocycles. The Balaban J connectivity index is 0.00000320. The van der Waals surface area contributed by atoms with E-state index in [1.54, 1.807) is 19.8 Å². The number of aromatic nitrogens is 3. The number of unbranched alkanes of at least 4 members (excludes halogenated alkanes) is 1. The molecule has 0 spiro atoms. The second-order valence-electron chi connectivity index (χ2n) is 7.27. The molecule has 2 N–H and O–H groups in total. The van der Waals surface area contributed by atoms with E-state index in [1.807, 2.05) is 16.7 Å². The lowest BCUT2D eigenvalue weighted by molar-refractivity contribution is 0.408. The summed E-state index contributed by atoms with van der Waals surface area (Å²) in [4.78, 5) is 7.17. The number of ether oxygens (including phenoxy) is 1. The minimum atomic E-state index is 0. The lowest BCUT2D eigenvalue weighted by Crippen LogP contribution is -2.51. The van der Waals surface area contributed by atoms with Gasteiger partial charge >= 0.3 is 0 Å². The number of anilines is 1. The second kappa shape index (κ2) is 13.3. The van der Waals surface area contributed by atoms with Crippen LogP contribution in [0.25, 0.3) is 0 Å². The van der Waals surface area contributed by atoms with Crippen LogP contribution >= 0.6 is 24.0 Å². The van der Waals surface area contributed by atoms with Gasteiger partial charge in [-0.15, -0.1) is 34.2 Å². The minimum Gasteiger partial charge on any atom is -0.495 e. The topological polar surface area (TPSA) is 79.6 Å². The van der Waals surface area contributed by atoms with Crippen molar-refractivity contribution in [2.24, 2.45) is 4.99 Å². The van der Waals surface area contributed by atoms with Crippen molar-refractivity contribution in [3.8, 4) is 5.75 Å². The number of halogens is 1. The summed E-state index contributed by atoms with van der Waals surface area (Å²) in [5, 5.41) is 14.7. The van der Waals surface area contributed by atoms with Crippen molar-refractivity contribution in [1.82, 2.24) is 25.4 Å². The molecule has 0 aliphatic carbocycles. The number of guanidine groups is 1. The summed E-state index contributed by atoms with van der Waals surface area (Å²) in [5.41, 5.74) is 1.16. The fourth-order valence-electron chi connectivity index (χ4n) is 3.65. The van der Waals surface area contributed by atoms with Crippen LogP contribution < -0.4 is 20.3 Å². The predicted molar refractivity (Wildman–Crippen MR) is 132 cm³/mol. The second-order valence-corrected chi connectivity index (χ2v) is 7.27. The van der Waals surface area contributed by atoms with Gasteiger partial charge < -0.3 is 24.8 Å². The van der Waals surface area contributed by atoms with Crippen LogP contribution in [0.1, 0.15) is 32.6 Å². The first-order valence-electron chi connectivity index (χ1n) is 10.6. The number of aryl methyl sites for hydroxylation is 1. The molecule has 0 bridgehead atoms. The number of hydrogen-bond acceptors (Lipinski definition) is 5. The molecule has 2 aromatic rings. The standard InChI is InChI=1S/C21H33N7O.HI/c1-3-22-21(23-12-6-7-13-27-16-24-25-17-27)26-18-9-8-14-28(15-18)19-10-4-5-11-20(19)29-2;/h4-5,10-11,16-18H,3,6-9,12-15H2,1-2H3,(H2,22,23,26);1H. The molecule has 1 atom stereocenters. The van der Waals surface area contributed by atoms with Crippen LogP contribution in [0.3, 0.4) is 0 Å². The third kappa shape index (κ3) is 7.33. The van der Waals surface area contributed by atoms with Crippen molar-refractivity contribution in [2.75, 3.05) is 38.2 Å². The molecule has 30 heavy (non-hydrogen) atoms. The molecule has 1 unspecified atom stereocenters. The summed E-state index contributed by atoms with van der Waals surface area (Å²) in [6.07, 6.45) is 7.90. The maximum absolute atomic E-state index is 5.55. The van der Waals surface area contributed by atoms with Gasteiger partial charge in [0.2, 0.25) is 0 Å². The maximum Gasteiger partial charge on any atom is 0.191 e. The normalized spacial score (nSPS) is 16.7. The molecular formula is C21H34IN7O. The van der Waals surface area contributed by atoms with Gasteiger partial charge in [-0.2, -0.15) is 0 Å². The number of rotatable bonds is 9. The Hall–Kier alpha value is -2.04. The zero-order valence-electron chi connectivity index (χ0n) is 18.0. The Bertz CT molecular complexity index is 754. The minimum absolute atomic E-state index is 0. The first-order valence-corrected chi connectivity index (χ1v) is 10.6. The molecule has 3 rings (SSSR count). The highest BCUT2D eigenvalue weighted by atomic mass is 127. The van der Waals surface area contributed by atoms with E-state index in [4.69, 9.17) is 9.73 Å². The smallest absolute Gasteiger partial charge is 0.191 e. The molecule has 0 radical (unpaired) electrons. The van der Waals surface area contributed by atoms with Gasteiger partial charge in [0.05, 0.1) is 12.8 Å². The summed E-state index contributed by atoms with van der Waals surface area (Å²) in [7, 11) is 1.73. The van der Waals surface area contributed by atoms with Gasteiger partial charge in [0.25, 0.3) is 0 Å². The van der Waals surface area contributed by atoms with Crippen LogP contribution in [0.15, 0.2) is 41.9 Å². The average molecular weight is 527 g/mol. The lowest BCUT2D eigenvalue weighted by atomic mass is 10.0. The quantitative estimate of drug-likeness (QED) is 0.226. The SMILES string of the molecule is CCNC(=NCCCCn1cnnc1)NC1CCCN(c2ccccc2OC)C1.I. The number of aliphatic imine (C=N–C) groups is 1. The van der Waals surface area contributed by atoms with Gasteiger partial charge in [-0.05, 0) is 44.7 Å². The molecular weight excluding hydrogens is 493 g/mol.